The molecule has 10 heteroatoms. The smallest absolute Gasteiger partial charge is 0.338 e. The van der Waals surface area contributed by atoms with Gasteiger partial charge < -0.3 is 10.1 Å². The molecule has 0 radical (unpaired) electrons. The van der Waals surface area contributed by atoms with Crippen LogP contribution in [0.1, 0.15) is 24.2 Å². The molecule has 2 aromatic carbocycles. The fraction of sp³-hybridized carbons (Fsp3) is 0.217. The number of esters is 1. The van der Waals surface area contributed by atoms with Crippen LogP contribution in [0.3, 0.4) is 0 Å². The number of amides is 1. The van der Waals surface area contributed by atoms with E-state index in [0.29, 0.717) is 44.4 Å². The summed E-state index contributed by atoms with van der Waals surface area (Å²) in [6.45, 7) is 7.77. The van der Waals surface area contributed by atoms with Crippen molar-refractivity contribution in [3.8, 4) is 11.4 Å². The van der Waals surface area contributed by atoms with E-state index in [-0.39, 0.29) is 17.8 Å². The van der Waals surface area contributed by atoms with Crippen molar-refractivity contribution in [1.29, 1.82) is 0 Å². The lowest BCUT2D eigenvalue weighted by Gasteiger charge is -2.10. The monoisotopic (exact) mass is 504 g/mol. The van der Waals surface area contributed by atoms with Crippen molar-refractivity contribution in [2.24, 2.45) is 0 Å². The summed E-state index contributed by atoms with van der Waals surface area (Å²) in [5.41, 5.74) is 1.54. The van der Waals surface area contributed by atoms with E-state index >= 15 is 0 Å². The summed E-state index contributed by atoms with van der Waals surface area (Å²) in [7, 11) is 0. The van der Waals surface area contributed by atoms with Crippen LogP contribution < -0.4 is 5.32 Å². The largest absolute Gasteiger partial charge is 0.459 e. The van der Waals surface area contributed by atoms with Gasteiger partial charge in [-0.05, 0) is 50.2 Å². The van der Waals surface area contributed by atoms with Gasteiger partial charge in [-0.1, -0.05) is 47.1 Å². The Balaban J connectivity index is 1.70. The van der Waals surface area contributed by atoms with Crippen LogP contribution in [0.15, 0.2) is 60.3 Å². The van der Waals surface area contributed by atoms with Gasteiger partial charge in [0.25, 0.3) is 0 Å². The minimum Gasteiger partial charge on any atom is -0.459 e. The highest BCUT2D eigenvalue weighted by molar-refractivity contribution is 7.99. The summed E-state index contributed by atoms with van der Waals surface area (Å²) >= 11 is 13.6. The third-order valence-electron chi connectivity index (χ3n) is 4.26. The molecule has 0 aliphatic rings. The first-order valence-electron chi connectivity index (χ1n) is 10.0. The highest BCUT2D eigenvalue weighted by atomic mass is 35.5. The number of anilines is 1. The quantitative estimate of drug-likeness (QED) is 0.227. The van der Waals surface area contributed by atoms with Crippen LogP contribution in [0.25, 0.3) is 11.4 Å². The van der Waals surface area contributed by atoms with E-state index in [4.69, 9.17) is 27.9 Å². The van der Waals surface area contributed by atoms with Crippen molar-refractivity contribution in [3.63, 3.8) is 0 Å². The van der Waals surface area contributed by atoms with E-state index in [0.717, 1.165) is 0 Å². The molecule has 0 aliphatic carbocycles. The van der Waals surface area contributed by atoms with E-state index in [1.165, 1.54) is 11.8 Å². The van der Waals surface area contributed by atoms with Gasteiger partial charge >= 0.3 is 5.97 Å². The minimum absolute atomic E-state index is 0.0876. The second-order valence-electron chi connectivity index (χ2n) is 7.20. The molecular weight excluding hydrogens is 483 g/mol. The van der Waals surface area contributed by atoms with Crippen molar-refractivity contribution in [1.82, 2.24) is 14.8 Å². The second-order valence-corrected chi connectivity index (χ2v) is 8.99. The molecule has 3 aromatic rings. The molecule has 0 bridgehead atoms. The molecule has 1 N–H and O–H groups in total. The van der Waals surface area contributed by atoms with Crippen LogP contribution in [0, 0.1) is 0 Å². The summed E-state index contributed by atoms with van der Waals surface area (Å²) in [6.07, 6.45) is 1.48. The van der Waals surface area contributed by atoms with E-state index in [9.17, 15) is 9.59 Å². The predicted molar refractivity (Wildman–Crippen MR) is 132 cm³/mol. The van der Waals surface area contributed by atoms with E-state index < -0.39 is 5.97 Å². The van der Waals surface area contributed by atoms with Crippen LogP contribution in [0.2, 0.25) is 10.0 Å². The van der Waals surface area contributed by atoms with Gasteiger partial charge in [0.1, 0.15) is 0 Å². The number of carbonyl (C=O) groups excluding carboxylic acids is 2. The Bertz CT molecular complexity index is 1180. The second kappa shape index (κ2) is 11.4. The maximum atomic E-state index is 12.5. The minimum atomic E-state index is -0.443. The Morgan fingerprint density at radius 2 is 2.00 bits per heavy atom. The van der Waals surface area contributed by atoms with Crippen LogP contribution in [-0.2, 0) is 16.1 Å². The van der Waals surface area contributed by atoms with Crippen LogP contribution in [-0.4, -0.2) is 38.5 Å². The third kappa shape index (κ3) is 6.60. The van der Waals surface area contributed by atoms with E-state index in [1.807, 2.05) is 4.57 Å². The number of thioether (sulfide) groups is 1. The van der Waals surface area contributed by atoms with Crippen LogP contribution in [0.4, 0.5) is 5.69 Å². The fourth-order valence-corrected chi connectivity index (χ4v) is 4.13. The molecule has 0 aliphatic heterocycles. The molecule has 0 saturated carbocycles. The average Bonchev–Trinajstić information content (AvgIpc) is 3.14. The van der Waals surface area contributed by atoms with Crippen molar-refractivity contribution in [2.45, 2.75) is 31.7 Å². The highest BCUT2D eigenvalue weighted by Gasteiger charge is 2.17. The Labute approximate surface area is 206 Å². The molecule has 1 aromatic heterocycles. The van der Waals surface area contributed by atoms with Crippen LogP contribution >= 0.6 is 35.0 Å². The van der Waals surface area contributed by atoms with Gasteiger partial charge in [-0.2, -0.15) is 0 Å². The molecule has 172 valence electrons. The molecule has 0 unspecified atom stereocenters. The van der Waals surface area contributed by atoms with Crippen molar-refractivity contribution in [2.75, 3.05) is 11.1 Å². The number of hydrogen-bond donors (Lipinski definition) is 1. The number of benzene rings is 2. The Morgan fingerprint density at radius 3 is 2.70 bits per heavy atom. The number of ether oxygens (including phenoxy) is 1. The number of allylic oxidation sites excluding steroid dienone is 1. The fourth-order valence-electron chi connectivity index (χ4n) is 2.89. The number of halogens is 2. The molecule has 1 amide bonds. The van der Waals surface area contributed by atoms with Gasteiger partial charge in [0.2, 0.25) is 5.91 Å². The van der Waals surface area contributed by atoms with Gasteiger partial charge in [0, 0.05) is 22.8 Å². The highest BCUT2D eigenvalue weighted by Crippen LogP contribution is 2.31. The maximum Gasteiger partial charge on any atom is 0.338 e. The molecule has 1 heterocycles. The normalized spacial score (nSPS) is 10.8. The van der Waals surface area contributed by atoms with Gasteiger partial charge in [-0.25, -0.2) is 4.79 Å². The maximum absolute atomic E-state index is 12.5. The summed E-state index contributed by atoms with van der Waals surface area (Å²) in [4.78, 5) is 24.6. The molecular formula is C23H22Cl2N4O3S. The number of nitrogens with zero attached hydrogens (tertiary/aromatic N) is 3. The number of rotatable bonds is 9. The Hall–Kier alpha value is -2.81. The number of nitrogens with one attached hydrogen (secondary N) is 1. The molecule has 0 saturated heterocycles. The summed E-state index contributed by atoms with van der Waals surface area (Å²) in [6, 6.07) is 11.7. The van der Waals surface area contributed by atoms with Gasteiger partial charge in [0.05, 0.1) is 22.4 Å². The number of aromatic nitrogens is 3. The zero-order valence-corrected chi connectivity index (χ0v) is 20.4. The summed E-state index contributed by atoms with van der Waals surface area (Å²) in [5, 5.41) is 12.8. The molecule has 3 rings (SSSR count). The topological polar surface area (TPSA) is 86.1 Å². The number of carbonyl (C=O) groups is 2. The third-order valence-corrected chi connectivity index (χ3v) is 5.77. The standard InChI is InChI=1S/C23H22Cl2N4O3S/c1-4-10-29-21(18-9-8-16(24)12-19(18)25)27-28-23(29)33-13-20(30)26-17-7-5-6-15(11-17)22(31)32-14(2)3/h4-9,11-12,14H,1,10,13H2,2-3H3,(H,26,30). The van der Waals surface area contributed by atoms with Crippen molar-refractivity contribution >= 4 is 52.5 Å². The molecule has 0 fully saturated rings. The van der Waals surface area contributed by atoms with Crippen molar-refractivity contribution < 1.29 is 14.3 Å². The zero-order chi connectivity index (χ0) is 24.0. The first-order valence-corrected chi connectivity index (χ1v) is 11.8. The lowest BCUT2D eigenvalue weighted by atomic mass is 10.2. The molecule has 33 heavy (non-hydrogen) atoms. The van der Waals surface area contributed by atoms with Gasteiger partial charge in [-0.3, -0.25) is 9.36 Å². The van der Waals surface area contributed by atoms with Gasteiger partial charge in [-0.15, -0.1) is 16.8 Å². The van der Waals surface area contributed by atoms with Crippen LogP contribution in [0.5, 0.6) is 0 Å². The van der Waals surface area contributed by atoms with E-state index in [2.05, 4.69) is 22.1 Å². The lowest BCUT2D eigenvalue weighted by molar-refractivity contribution is -0.113. The zero-order valence-electron chi connectivity index (χ0n) is 18.0. The van der Waals surface area contributed by atoms with Crippen molar-refractivity contribution in [3.05, 3.63) is 70.7 Å². The first kappa shape index (κ1) is 24.8. The molecule has 7 nitrogen and oxygen atoms in total. The molecule has 0 spiro atoms. The summed E-state index contributed by atoms with van der Waals surface area (Å²) in [5.74, 6) is -0.0598. The lowest BCUT2D eigenvalue weighted by Crippen LogP contribution is -2.16. The SMILES string of the molecule is C=CCn1c(SCC(=O)Nc2cccc(C(=O)OC(C)C)c2)nnc1-c1ccc(Cl)cc1Cl. The number of hydrogen-bond acceptors (Lipinski definition) is 6. The Kier molecular flexibility index (Phi) is 8.55. The molecule has 0 atom stereocenters. The Morgan fingerprint density at radius 1 is 1.21 bits per heavy atom. The van der Waals surface area contributed by atoms with Gasteiger partial charge in [0.15, 0.2) is 11.0 Å². The average molecular weight is 505 g/mol. The van der Waals surface area contributed by atoms with E-state index in [1.54, 1.807) is 62.4 Å². The first-order chi connectivity index (χ1) is 15.8. The summed E-state index contributed by atoms with van der Waals surface area (Å²) < 4.78 is 7.01. The predicted octanol–water partition coefficient (Wildman–Crippen LogP) is 5.73.